The molecule has 11 heavy (non-hydrogen) atoms. The smallest absolute Gasteiger partial charge is 0.123 e. The van der Waals surface area contributed by atoms with Gasteiger partial charge in [0.1, 0.15) is 6.17 Å². The Morgan fingerprint density at radius 3 is 2.55 bits per heavy atom. The number of rotatable bonds is 7. The lowest BCUT2D eigenvalue weighted by Crippen LogP contribution is -2.07. The van der Waals surface area contributed by atoms with Gasteiger partial charge >= 0.3 is 0 Å². The number of methoxy groups -OCH3 is 1. The number of hydrogen-bond acceptors (Lipinski definition) is 1. The van der Waals surface area contributed by atoms with Gasteiger partial charge in [-0.1, -0.05) is 32.6 Å². The van der Waals surface area contributed by atoms with Crippen molar-refractivity contribution in [1.29, 1.82) is 0 Å². The zero-order valence-electron chi connectivity index (χ0n) is 7.61. The quantitative estimate of drug-likeness (QED) is 0.523. The van der Waals surface area contributed by atoms with Crippen LogP contribution in [0.25, 0.3) is 0 Å². The molecule has 0 aromatic heterocycles. The summed E-state index contributed by atoms with van der Waals surface area (Å²) in [6.07, 6.45) is 4.49. The molecule has 1 nitrogen and oxygen atoms in total. The monoisotopic (exact) mass is 162 g/mol. The Morgan fingerprint density at radius 1 is 1.27 bits per heavy atom. The van der Waals surface area contributed by atoms with Gasteiger partial charge in [0.15, 0.2) is 0 Å². The molecule has 0 heterocycles. The highest BCUT2D eigenvalue weighted by Gasteiger charge is 2.03. The average Bonchev–Trinajstić information content (AvgIpc) is 1.99. The largest absolute Gasteiger partial charge is 0.382 e. The number of unbranched alkanes of at least 4 members (excludes halogenated alkanes) is 3. The molecule has 1 atom stereocenters. The molecule has 0 rings (SSSR count). The van der Waals surface area contributed by atoms with Crippen LogP contribution in [0.5, 0.6) is 0 Å². The maximum absolute atomic E-state index is 12.7. The summed E-state index contributed by atoms with van der Waals surface area (Å²) in [7, 11) is 1.54. The van der Waals surface area contributed by atoms with Crippen LogP contribution in [0.4, 0.5) is 4.39 Å². The van der Waals surface area contributed by atoms with Crippen LogP contribution in [-0.2, 0) is 4.74 Å². The number of ether oxygens (including phenoxy) is 1. The Hall–Kier alpha value is -0.110. The molecule has 2 heteroatoms. The first-order valence-electron chi connectivity index (χ1n) is 4.44. The molecule has 0 spiro atoms. The Balaban J connectivity index is 2.97. The van der Waals surface area contributed by atoms with Gasteiger partial charge in [-0.25, -0.2) is 4.39 Å². The molecule has 0 fully saturated rings. The van der Waals surface area contributed by atoms with Crippen molar-refractivity contribution in [2.45, 2.75) is 45.2 Å². The van der Waals surface area contributed by atoms with Gasteiger partial charge in [-0.2, -0.15) is 0 Å². The van der Waals surface area contributed by atoms with Gasteiger partial charge in [-0.05, 0) is 6.42 Å². The van der Waals surface area contributed by atoms with E-state index in [-0.39, 0.29) is 6.61 Å². The third-order valence-corrected chi connectivity index (χ3v) is 1.72. The van der Waals surface area contributed by atoms with E-state index in [1.807, 2.05) is 0 Å². The van der Waals surface area contributed by atoms with Crippen LogP contribution in [-0.4, -0.2) is 19.9 Å². The standard InChI is InChI=1S/C9H19FO/c1-3-4-5-6-7-9(10)8-11-2/h9H,3-8H2,1-2H3. The van der Waals surface area contributed by atoms with Crippen LogP contribution in [0.3, 0.4) is 0 Å². The number of hydrogen-bond donors (Lipinski definition) is 0. The van der Waals surface area contributed by atoms with E-state index >= 15 is 0 Å². The Labute approximate surface area is 68.9 Å². The summed E-state index contributed by atoms with van der Waals surface area (Å²) in [6, 6.07) is 0. The first-order chi connectivity index (χ1) is 5.31. The molecular formula is C9H19FO. The highest BCUT2D eigenvalue weighted by Crippen LogP contribution is 2.07. The van der Waals surface area contributed by atoms with Crippen LogP contribution >= 0.6 is 0 Å². The fraction of sp³-hybridized carbons (Fsp3) is 1.00. The van der Waals surface area contributed by atoms with Gasteiger partial charge in [0.05, 0.1) is 6.61 Å². The Bertz CT molecular complexity index is 76.0. The van der Waals surface area contributed by atoms with Crippen molar-refractivity contribution in [2.75, 3.05) is 13.7 Å². The lowest BCUT2D eigenvalue weighted by atomic mass is 10.1. The molecule has 0 aromatic rings. The summed E-state index contributed by atoms with van der Waals surface area (Å²) in [4.78, 5) is 0. The molecule has 0 saturated carbocycles. The summed E-state index contributed by atoms with van der Waals surface area (Å²) in [5.74, 6) is 0. The first-order valence-corrected chi connectivity index (χ1v) is 4.44. The molecule has 68 valence electrons. The normalized spacial score (nSPS) is 13.4. The fourth-order valence-electron chi connectivity index (χ4n) is 1.06. The zero-order valence-corrected chi connectivity index (χ0v) is 7.61. The third-order valence-electron chi connectivity index (χ3n) is 1.72. The average molecular weight is 162 g/mol. The van der Waals surface area contributed by atoms with Gasteiger partial charge in [0.2, 0.25) is 0 Å². The van der Waals surface area contributed by atoms with E-state index in [9.17, 15) is 4.39 Å². The molecule has 1 unspecified atom stereocenters. The van der Waals surface area contributed by atoms with E-state index in [4.69, 9.17) is 0 Å². The van der Waals surface area contributed by atoms with Gasteiger partial charge < -0.3 is 4.74 Å². The summed E-state index contributed by atoms with van der Waals surface area (Å²) < 4.78 is 17.4. The van der Waals surface area contributed by atoms with Crippen molar-refractivity contribution in [3.8, 4) is 0 Å². The molecule has 0 saturated heterocycles. The minimum atomic E-state index is -0.753. The van der Waals surface area contributed by atoms with Gasteiger partial charge in [0.25, 0.3) is 0 Å². The van der Waals surface area contributed by atoms with Crippen molar-refractivity contribution in [3.63, 3.8) is 0 Å². The predicted octanol–water partition coefficient (Wildman–Crippen LogP) is 2.94. The minimum absolute atomic E-state index is 0.256. The molecule has 0 N–H and O–H groups in total. The van der Waals surface area contributed by atoms with E-state index in [0.717, 1.165) is 12.8 Å². The van der Waals surface area contributed by atoms with Crippen molar-refractivity contribution < 1.29 is 9.13 Å². The molecule has 0 aromatic carbocycles. The molecule has 0 aliphatic heterocycles. The summed E-state index contributed by atoms with van der Waals surface area (Å²) >= 11 is 0. The van der Waals surface area contributed by atoms with Crippen LogP contribution < -0.4 is 0 Å². The van der Waals surface area contributed by atoms with Crippen LogP contribution in [0.15, 0.2) is 0 Å². The highest BCUT2D eigenvalue weighted by atomic mass is 19.1. The second-order valence-corrected chi connectivity index (χ2v) is 2.90. The lowest BCUT2D eigenvalue weighted by molar-refractivity contribution is 0.117. The van der Waals surface area contributed by atoms with E-state index < -0.39 is 6.17 Å². The minimum Gasteiger partial charge on any atom is -0.382 e. The van der Waals surface area contributed by atoms with Crippen molar-refractivity contribution in [3.05, 3.63) is 0 Å². The van der Waals surface area contributed by atoms with Crippen LogP contribution in [0, 0.1) is 0 Å². The summed E-state index contributed by atoms with van der Waals surface area (Å²) in [6.45, 7) is 2.41. The van der Waals surface area contributed by atoms with Crippen molar-refractivity contribution in [1.82, 2.24) is 0 Å². The molecule has 0 aliphatic carbocycles. The van der Waals surface area contributed by atoms with Crippen molar-refractivity contribution >= 4 is 0 Å². The third kappa shape index (κ3) is 7.79. The van der Waals surface area contributed by atoms with E-state index in [1.54, 1.807) is 7.11 Å². The zero-order chi connectivity index (χ0) is 8.53. The topological polar surface area (TPSA) is 9.23 Å². The highest BCUT2D eigenvalue weighted by molar-refractivity contribution is 4.54. The van der Waals surface area contributed by atoms with E-state index in [0.29, 0.717) is 6.42 Å². The van der Waals surface area contributed by atoms with Crippen LogP contribution in [0.1, 0.15) is 39.0 Å². The Morgan fingerprint density at radius 2 is 2.00 bits per heavy atom. The second kappa shape index (κ2) is 7.99. The summed E-state index contributed by atoms with van der Waals surface area (Å²) in [5, 5.41) is 0. The van der Waals surface area contributed by atoms with E-state index in [1.165, 1.54) is 12.8 Å². The predicted molar refractivity (Wildman–Crippen MR) is 45.5 cm³/mol. The van der Waals surface area contributed by atoms with Gasteiger partial charge in [-0.3, -0.25) is 0 Å². The molecule has 0 aliphatic rings. The summed E-state index contributed by atoms with van der Waals surface area (Å²) in [5.41, 5.74) is 0. The number of alkyl halides is 1. The second-order valence-electron chi connectivity index (χ2n) is 2.90. The maximum atomic E-state index is 12.7. The van der Waals surface area contributed by atoms with Gasteiger partial charge in [0, 0.05) is 7.11 Å². The SMILES string of the molecule is CCCCCCC(F)COC. The Kier molecular flexibility index (Phi) is 7.91. The maximum Gasteiger partial charge on any atom is 0.123 e. The molecule has 0 radical (unpaired) electrons. The molecule has 0 bridgehead atoms. The molecule has 0 amide bonds. The van der Waals surface area contributed by atoms with Crippen LogP contribution in [0.2, 0.25) is 0 Å². The van der Waals surface area contributed by atoms with E-state index in [2.05, 4.69) is 11.7 Å². The van der Waals surface area contributed by atoms with Gasteiger partial charge in [-0.15, -0.1) is 0 Å². The molecular weight excluding hydrogens is 143 g/mol. The lowest BCUT2D eigenvalue weighted by Gasteiger charge is -2.05. The van der Waals surface area contributed by atoms with Crippen molar-refractivity contribution in [2.24, 2.45) is 0 Å². The first kappa shape index (κ1) is 10.9. The number of halogens is 1. The fourth-order valence-corrected chi connectivity index (χ4v) is 1.06.